The van der Waals surface area contributed by atoms with Gasteiger partial charge in [0.25, 0.3) is 5.39 Å². The summed E-state index contributed by atoms with van der Waals surface area (Å²) in [6.07, 6.45) is 0. The van der Waals surface area contributed by atoms with Gasteiger partial charge in [-0.1, -0.05) is 36.4 Å². The largest absolute Gasteiger partial charge is 0.304 e. The Hall–Kier alpha value is -1.56. The van der Waals surface area contributed by atoms with Gasteiger partial charge in [-0.15, -0.1) is 0 Å². The summed E-state index contributed by atoms with van der Waals surface area (Å²) in [5, 5.41) is 11.7. The van der Waals surface area contributed by atoms with Gasteiger partial charge in [0.2, 0.25) is 0 Å². The van der Waals surface area contributed by atoms with Crippen molar-refractivity contribution in [2.45, 2.75) is 0 Å². The summed E-state index contributed by atoms with van der Waals surface area (Å²) in [4.78, 5) is 0. The molecule has 1 aromatic carbocycles. The summed E-state index contributed by atoms with van der Waals surface area (Å²) in [6, 6.07) is 12.0. The molecule has 3 nitrogen and oxygen atoms in total. The molecule has 0 aliphatic heterocycles. The number of benzene rings is 1. The van der Waals surface area contributed by atoms with Gasteiger partial charge < -0.3 is 0 Å². The molecular formula is C8H12N3+. The Kier molecular flexibility index (Phi) is 5.63. The van der Waals surface area contributed by atoms with E-state index in [9.17, 15) is 0 Å². The van der Waals surface area contributed by atoms with Crippen molar-refractivity contribution in [3.05, 3.63) is 41.5 Å². The zero-order valence-electron chi connectivity index (χ0n) is 6.81. The lowest BCUT2D eigenvalue weighted by atomic mass is 10.4. The van der Waals surface area contributed by atoms with Gasteiger partial charge in [0.1, 0.15) is 0 Å². The molecule has 0 aliphatic carbocycles. The van der Waals surface area contributed by atoms with E-state index in [0.717, 1.165) is 0 Å². The molecule has 0 heterocycles. The predicted octanol–water partition coefficient (Wildman–Crippen LogP) is 2.00. The summed E-state index contributed by atoms with van der Waals surface area (Å²) >= 11 is 0. The molecule has 3 heteroatoms. The van der Waals surface area contributed by atoms with E-state index in [4.69, 9.17) is 5.39 Å². The molecule has 0 bridgehead atoms. The first-order valence-electron chi connectivity index (χ1n) is 3.29. The van der Waals surface area contributed by atoms with Crippen LogP contribution in [-0.4, -0.2) is 19.1 Å². The minimum atomic E-state index is 1.31. The summed E-state index contributed by atoms with van der Waals surface area (Å²) in [7, 11) is 3.28. The fourth-order valence-electron chi connectivity index (χ4n) is 0.385. The Balaban J connectivity index is 0.000000187. The molecule has 0 spiro atoms. The monoisotopic (exact) mass is 150 g/mol. The van der Waals surface area contributed by atoms with Crippen LogP contribution in [0.3, 0.4) is 0 Å². The van der Waals surface area contributed by atoms with Crippen LogP contribution in [0.25, 0.3) is 5.08 Å². The summed E-state index contributed by atoms with van der Waals surface area (Å²) < 4.78 is 0. The molecule has 1 aromatic rings. The van der Waals surface area contributed by atoms with Gasteiger partial charge in [0.15, 0.2) is 0 Å². The normalized spacial score (nSPS) is 7.00. The van der Waals surface area contributed by atoms with Crippen LogP contribution in [0.4, 0.5) is 0 Å². The first-order valence-corrected chi connectivity index (χ1v) is 3.29. The number of hydrogen-bond acceptors (Lipinski definition) is 2. The Morgan fingerprint density at radius 1 is 0.909 bits per heavy atom. The van der Waals surface area contributed by atoms with Gasteiger partial charge in [0, 0.05) is 0 Å². The van der Waals surface area contributed by atoms with Crippen LogP contribution in [0.1, 0.15) is 0 Å². The fraction of sp³-hybridized carbons (Fsp3) is 0.250. The lowest BCUT2D eigenvalue weighted by molar-refractivity contribution is 0.541. The van der Waals surface area contributed by atoms with E-state index >= 15 is 0 Å². The van der Waals surface area contributed by atoms with E-state index in [-0.39, 0.29) is 0 Å². The van der Waals surface area contributed by atoms with Gasteiger partial charge in [0.05, 0.1) is 14.1 Å². The maximum atomic E-state index is 7.69. The van der Waals surface area contributed by atoms with Gasteiger partial charge >= 0.3 is 5.08 Å². The maximum Gasteiger partial charge on any atom is 0.304 e. The van der Waals surface area contributed by atoms with Crippen molar-refractivity contribution >= 4 is 0 Å². The van der Waals surface area contributed by atoms with Gasteiger partial charge in [-0.3, -0.25) is 0 Å². The average Bonchev–Trinajstić information content (AvgIpc) is 2.09. The average molecular weight is 150 g/mol. The standard InChI is InChI=1S/C6H6.C2H6N3/c1-2-4-6-5-3-1;1-5(2)4-3/h1-6H;1-2H3/q;+1. The highest BCUT2D eigenvalue weighted by Crippen LogP contribution is 1.79. The van der Waals surface area contributed by atoms with Crippen molar-refractivity contribution in [3.63, 3.8) is 0 Å². The highest BCUT2D eigenvalue weighted by molar-refractivity contribution is 4.99. The molecule has 0 radical (unpaired) electrons. The molecule has 0 fully saturated rings. The third-order valence-corrected chi connectivity index (χ3v) is 0.846. The zero-order valence-corrected chi connectivity index (χ0v) is 6.81. The Bertz CT molecular complexity index is 174. The van der Waals surface area contributed by atoms with Crippen molar-refractivity contribution in [2.75, 3.05) is 14.1 Å². The highest BCUT2D eigenvalue weighted by atomic mass is 15.4. The highest BCUT2D eigenvalue weighted by Gasteiger charge is 1.85. The van der Waals surface area contributed by atoms with Crippen LogP contribution < -0.4 is 0 Å². The van der Waals surface area contributed by atoms with Crippen LogP contribution in [0.15, 0.2) is 36.4 Å². The third kappa shape index (κ3) is 8.44. The predicted molar refractivity (Wildman–Crippen MR) is 45.2 cm³/mol. The molecule has 0 aromatic heterocycles. The van der Waals surface area contributed by atoms with Crippen LogP contribution in [-0.2, 0) is 0 Å². The van der Waals surface area contributed by atoms with Gasteiger partial charge in [-0.25, -0.2) is 0 Å². The minimum Gasteiger partial charge on any atom is -0.0623 e. The van der Waals surface area contributed by atoms with Crippen LogP contribution in [0.5, 0.6) is 0 Å². The first-order chi connectivity index (χ1) is 5.27. The van der Waals surface area contributed by atoms with E-state index < -0.39 is 0 Å². The van der Waals surface area contributed by atoms with E-state index in [1.807, 2.05) is 36.4 Å². The van der Waals surface area contributed by atoms with Crippen molar-refractivity contribution in [2.24, 2.45) is 0 Å². The van der Waals surface area contributed by atoms with Crippen molar-refractivity contribution in [1.29, 1.82) is 5.39 Å². The molecule has 58 valence electrons. The number of rotatable bonds is 0. The van der Waals surface area contributed by atoms with Crippen LogP contribution in [0.2, 0.25) is 0 Å². The third-order valence-electron chi connectivity index (χ3n) is 0.846. The topological polar surface area (TPSA) is 31.4 Å². The van der Waals surface area contributed by atoms with Crippen LogP contribution >= 0.6 is 0 Å². The second kappa shape index (κ2) is 6.56. The Morgan fingerprint density at radius 2 is 1.09 bits per heavy atom. The van der Waals surface area contributed by atoms with Crippen molar-refractivity contribution in [1.82, 2.24) is 5.01 Å². The molecule has 0 aliphatic rings. The fourth-order valence-corrected chi connectivity index (χ4v) is 0.385. The zero-order chi connectivity index (χ0) is 8.53. The van der Waals surface area contributed by atoms with Crippen molar-refractivity contribution < 1.29 is 0 Å². The minimum absolute atomic E-state index is 1.31. The number of diazo groups is 1. The van der Waals surface area contributed by atoms with E-state index in [1.54, 1.807) is 14.1 Å². The lowest BCUT2D eigenvalue weighted by Gasteiger charge is -1.70. The molecule has 0 saturated heterocycles. The van der Waals surface area contributed by atoms with Gasteiger partial charge in [-0.05, 0) is 5.01 Å². The second-order valence-corrected chi connectivity index (χ2v) is 2.09. The van der Waals surface area contributed by atoms with E-state index in [2.05, 4.69) is 5.08 Å². The smallest absolute Gasteiger partial charge is 0.0623 e. The maximum absolute atomic E-state index is 7.69. The molecule has 0 unspecified atom stereocenters. The first kappa shape index (κ1) is 9.44. The van der Waals surface area contributed by atoms with E-state index in [1.165, 1.54) is 5.01 Å². The molecule has 1 rings (SSSR count). The molecule has 0 amide bonds. The van der Waals surface area contributed by atoms with Crippen molar-refractivity contribution in [3.8, 4) is 0 Å². The second-order valence-electron chi connectivity index (χ2n) is 2.09. The quantitative estimate of drug-likeness (QED) is 0.418. The Labute approximate surface area is 66.9 Å². The SMILES string of the molecule is CN(C)[N+]#N.c1ccccc1. The molecule has 0 atom stereocenters. The van der Waals surface area contributed by atoms with E-state index in [0.29, 0.717) is 0 Å². The number of hydrogen-bond donors (Lipinski definition) is 0. The van der Waals surface area contributed by atoms with Gasteiger partial charge in [-0.2, -0.15) is 0 Å². The summed E-state index contributed by atoms with van der Waals surface area (Å²) in [5.41, 5.74) is 0. The lowest BCUT2D eigenvalue weighted by Crippen LogP contribution is -1.95. The summed E-state index contributed by atoms with van der Waals surface area (Å²) in [5.74, 6) is 0. The number of nitrogens with zero attached hydrogens (tertiary/aromatic N) is 3. The molecule has 0 N–H and O–H groups in total. The van der Waals surface area contributed by atoms with Crippen LogP contribution in [0, 0.1) is 5.39 Å². The molecule has 11 heavy (non-hydrogen) atoms. The Morgan fingerprint density at radius 3 is 1.18 bits per heavy atom. The molecular weight excluding hydrogens is 138 g/mol. The summed E-state index contributed by atoms with van der Waals surface area (Å²) in [6.45, 7) is 0. The molecule has 0 saturated carbocycles.